The average molecular weight is 435 g/mol. The number of nitrogens with zero attached hydrogens (tertiary/aromatic N) is 1. The fourth-order valence-corrected chi connectivity index (χ4v) is 3.08. The van der Waals surface area contributed by atoms with E-state index < -0.39 is 10.9 Å². The Morgan fingerprint density at radius 3 is 2.05 bits per heavy atom. The summed E-state index contributed by atoms with van der Waals surface area (Å²) in [6.07, 6.45) is 0. The fourth-order valence-electron chi connectivity index (χ4n) is 2.24. The molecule has 2 aromatic carbocycles. The first-order chi connectivity index (χ1) is 10.3. The number of ether oxygens (including phenoxy) is 1. The van der Waals surface area contributed by atoms with Crippen molar-refractivity contribution >= 4 is 37.5 Å². The molecule has 0 fully saturated rings. The highest BCUT2D eigenvalue weighted by atomic mass is 79.9. The van der Waals surface area contributed by atoms with Crippen LogP contribution in [-0.2, 0) is 0 Å². The molecular weight excluding hydrogens is 420 g/mol. The van der Waals surface area contributed by atoms with Crippen LogP contribution in [0.25, 0.3) is 0 Å². The molecule has 0 radical (unpaired) electrons. The molecule has 0 heterocycles. The van der Waals surface area contributed by atoms with Crippen LogP contribution in [-0.4, -0.2) is 19.0 Å². The van der Waals surface area contributed by atoms with Crippen LogP contribution in [0.2, 0.25) is 0 Å². The van der Waals surface area contributed by atoms with Gasteiger partial charge in [0.15, 0.2) is 0 Å². The van der Waals surface area contributed by atoms with Crippen LogP contribution in [0.5, 0.6) is 5.75 Å². The van der Waals surface area contributed by atoms with E-state index in [4.69, 9.17) is 4.74 Å². The molecule has 2 rings (SSSR count). The van der Waals surface area contributed by atoms with Crippen molar-refractivity contribution in [3.63, 3.8) is 0 Å². The van der Waals surface area contributed by atoms with E-state index in [1.165, 1.54) is 4.90 Å². The third-order valence-electron chi connectivity index (χ3n) is 3.36. The lowest BCUT2D eigenvalue weighted by Gasteiger charge is -2.33. The number of hydrogen-bond acceptors (Lipinski definition) is 2. The Morgan fingerprint density at radius 2 is 1.59 bits per heavy atom. The van der Waals surface area contributed by atoms with E-state index in [1.54, 1.807) is 62.7 Å². The molecular formula is C16H15Br2F2NO. The molecule has 0 aliphatic heterocycles. The maximum atomic E-state index is 14.1. The second kappa shape index (κ2) is 6.96. The van der Waals surface area contributed by atoms with Gasteiger partial charge in [0.1, 0.15) is 11.8 Å². The van der Waals surface area contributed by atoms with Crippen molar-refractivity contribution in [3.05, 3.63) is 58.6 Å². The summed E-state index contributed by atoms with van der Waals surface area (Å²) in [5.41, 5.74) is 1.19. The number of anilines is 1. The number of hydrogen-bond donors (Lipinski definition) is 0. The van der Waals surface area contributed by atoms with Gasteiger partial charge >= 0.3 is 4.83 Å². The topological polar surface area (TPSA) is 12.5 Å². The number of benzene rings is 2. The fraction of sp³-hybridized carbons (Fsp3) is 0.250. The first-order valence-corrected chi connectivity index (χ1v) is 8.10. The Morgan fingerprint density at radius 1 is 1.05 bits per heavy atom. The first kappa shape index (κ1) is 17.2. The van der Waals surface area contributed by atoms with Crippen LogP contribution in [0.3, 0.4) is 0 Å². The number of halogens is 4. The van der Waals surface area contributed by atoms with E-state index in [0.717, 1.165) is 4.47 Å². The predicted octanol–water partition coefficient (Wildman–Crippen LogP) is 5.62. The molecule has 22 heavy (non-hydrogen) atoms. The molecule has 1 atom stereocenters. The Balaban J connectivity index is 2.38. The van der Waals surface area contributed by atoms with Gasteiger partial charge in [-0.15, -0.1) is 0 Å². The maximum Gasteiger partial charge on any atom is 0.325 e. The minimum atomic E-state index is -3.07. The summed E-state index contributed by atoms with van der Waals surface area (Å²) >= 11 is 5.83. The van der Waals surface area contributed by atoms with Gasteiger partial charge in [-0.05, 0) is 57.9 Å². The molecule has 0 bridgehead atoms. The summed E-state index contributed by atoms with van der Waals surface area (Å²) in [4.78, 5) is -1.53. The lowest BCUT2D eigenvalue weighted by Crippen LogP contribution is -2.34. The molecule has 6 heteroatoms. The molecule has 0 N–H and O–H groups in total. The summed E-state index contributed by atoms with van der Waals surface area (Å²) in [5, 5.41) is 0. The molecule has 0 amide bonds. The van der Waals surface area contributed by atoms with Crippen molar-refractivity contribution in [1.29, 1.82) is 0 Å². The van der Waals surface area contributed by atoms with E-state index in [1.807, 2.05) is 0 Å². The third kappa shape index (κ3) is 3.98. The SMILES string of the molecule is COc1ccc(N(C)C(c2ccc(Br)cc2)C(F)(F)Br)cc1. The van der Waals surface area contributed by atoms with Crippen LogP contribution >= 0.6 is 31.9 Å². The number of rotatable bonds is 5. The summed E-state index contributed by atoms with van der Waals surface area (Å²) in [7, 11) is 3.21. The second-order valence-corrected chi connectivity index (χ2v) is 6.78. The zero-order valence-corrected chi connectivity index (χ0v) is 15.2. The second-order valence-electron chi connectivity index (χ2n) is 4.80. The smallest absolute Gasteiger partial charge is 0.325 e. The lowest BCUT2D eigenvalue weighted by molar-refractivity contribution is 0.0813. The normalized spacial score (nSPS) is 12.8. The third-order valence-corrected chi connectivity index (χ3v) is 4.33. The summed E-state index contributed by atoms with van der Waals surface area (Å²) in [6, 6.07) is 12.7. The molecule has 1 unspecified atom stereocenters. The van der Waals surface area contributed by atoms with Crippen LogP contribution in [0.4, 0.5) is 14.5 Å². The standard InChI is InChI=1S/C16H15Br2F2NO/c1-21(13-7-9-14(22-2)10-8-13)15(16(18,19)20)11-3-5-12(17)6-4-11/h3-10,15H,1-2H3. The molecule has 0 aliphatic rings. The minimum absolute atomic E-state index is 0.517. The highest BCUT2D eigenvalue weighted by Gasteiger charge is 2.40. The highest BCUT2D eigenvalue weighted by Crippen LogP contribution is 2.42. The quantitative estimate of drug-likeness (QED) is 0.566. The van der Waals surface area contributed by atoms with Crippen LogP contribution in [0.15, 0.2) is 53.0 Å². The van der Waals surface area contributed by atoms with Gasteiger partial charge in [-0.1, -0.05) is 28.1 Å². The van der Waals surface area contributed by atoms with Gasteiger partial charge in [-0.2, -0.15) is 8.78 Å². The van der Waals surface area contributed by atoms with E-state index in [0.29, 0.717) is 17.0 Å². The molecule has 2 aromatic rings. The van der Waals surface area contributed by atoms with Gasteiger partial charge in [0.05, 0.1) is 7.11 Å². The van der Waals surface area contributed by atoms with Crippen molar-refractivity contribution in [3.8, 4) is 5.75 Å². The van der Waals surface area contributed by atoms with Crippen LogP contribution < -0.4 is 9.64 Å². The zero-order chi connectivity index (χ0) is 16.3. The van der Waals surface area contributed by atoms with Gasteiger partial charge in [0.2, 0.25) is 0 Å². The van der Waals surface area contributed by atoms with E-state index >= 15 is 0 Å². The Hall–Kier alpha value is -1.14. The molecule has 0 aromatic heterocycles. The van der Waals surface area contributed by atoms with Crippen LogP contribution in [0.1, 0.15) is 11.6 Å². The minimum Gasteiger partial charge on any atom is -0.497 e. The Bertz CT molecular complexity index is 612. The molecule has 2 nitrogen and oxygen atoms in total. The van der Waals surface area contributed by atoms with Gasteiger partial charge in [-0.25, -0.2) is 0 Å². The summed E-state index contributed by atoms with van der Waals surface area (Å²) < 4.78 is 34.1. The van der Waals surface area contributed by atoms with Crippen molar-refractivity contribution in [2.75, 3.05) is 19.1 Å². The summed E-state index contributed by atoms with van der Waals surface area (Å²) in [6.45, 7) is 0. The van der Waals surface area contributed by atoms with Crippen molar-refractivity contribution < 1.29 is 13.5 Å². The molecule has 0 aliphatic carbocycles. The predicted molar refractivity (Wildman–Crippen MR) is 92.2 cm³/mol. The molecule has 0 spiro atoms. The monoisotopic (exact) mass is 433 g/mol. The largest absolute Gasteiger partial charge is 0.497 e. The van der Waals surface area contributed by atoms with Crippen molar-refractivity contribution in [1.82, 2.24) is 0 Å². The number of alkyl halides is 3. The highest BCUT2D eigenvalue weighted by molar-refractivity contribution is 9.10. The molecule has 118 valence electrons. The zero-order valence-electron chi connectivity index (χ0n) is 12.1. The van der Waals surface area contributed by atoms with E-state index in [2.05, 4.69) is 31.9 Å². The lowest BCUT2D eigenvalue weighted by atomic mass is 10.1. The van der Waals surface area contributed by atoms with Gasteiger partial charge in [0, 0.05) is 17.2 Å². The maximum absolute atomic E-state index is 14.1. The summed E-state index contributed by atoms with van der Waals surface area (Å²) in [5.74, 6) is 0.683. The van der Waals surface area contributed by atoms with Gasteiger partial charge < -0.3 is 9.64 Å². The van der Waals surface area contributed by atoms with Crippen LogP contribution in [0, 0.1) is 0 Å². The average Bonchev–Trinajstić information content (AvgIpc) is 2.48. The van der Waals surface area contributed by atoms with E-state index in [9.17, 15) is 8.78 Å². The van der Waals surface area contributed by atoms with Gasteiger partial charge in [-0.3, -0.25) is 0 Å². The first-order valence-electron chi connectivity index (χ1n) is 6.52. The molecule has 0 saturated heterocycles. The van der Waals surface area contributed by atoms with Crippen molar-refractivity contribution in [2.45, 2.75) is 10.9 Å². The van der Waals surface area contributed by atoms with Gasteiger partial charge in [0.25, 0.3) is 0 Å². The Labute approximate surface area is 145 Å². The van der Waals surface area contributed by atoms with Crippen molar-refractivity contribution in [2.24, 2.45) is 0 Å². The van der Waals surface area contributed by atoms with E-state index in [-0.39, 0.29) is 0 Å². The molecule has 0 saturated carbocycles. The number of methoxy groups -OCH3 is 1. The Kier molecular flexibility index (Phi) is 5.45.